The van der Waals surface area contributed by atoms with Gasteiger partial charge in [-0.25, -0.2) is 4.79 Å². The van der Waals surface area contributed by atoms with Crippen LogP contribution in [0.2, 0.25) is 5.02 Å². The lowest BCUT2D eigenvalue weighted by Crippen LogP contribution is -2.48. The fraction of sp³-hybridized carbons (Fsp3) is 0.379. The first-order valence-electron chi connectivity index (χ1n) is 12.5. The van der Waals surface area contributed by atoms with Gasteiger partial charge in [-0.3, -0.25) is 4.79 Å². The van der Waals surface area contributed by atoms with E-state index < -0.39 is 6.09 Å². The maximum absolute atomic E-state index is 13.2. The van der Waals surface area contributed by atoms with Crippen LogP contribution in [0.15, 0.2) is 77.4 Å². The third-order valence-electron chi connectivity index (χ3n) is 5.75. The van der Waals surface area contributed by atoms with Crippen molar-refractivity contribution in [1.82, 2.24) is 10.6 Å². The molecule has 0 saturated carbocycles. The minimum atomic E-state index is -0.507. The summed E-state index contributed by atoms with van der Waals surface area (Å²) in [5, 5.41) is 6.95. The van der Waals surface area contributed by atoms with E-state index in [0.717, 1.165) is 23.3 Å². The number of benzene rings is 2. The number of carbonyl (C=O) groups is 2. The van der Waals surface area contributed by atoms with Gasteiger partial charge in [0.1, 0.15) is 12.4 Å². The molecule has 2 unspecified atom stereocenters. The summed E-state index contributed by atoms with van der Waals surface area (Å²) in [7, 11) is 0. The van der Waals surface area contributed by atoms with E-state index in [2.05, 4.69) is 24.5 Å². The minimum Gasteiger partial charge on any atom is -0.468 e. The van der Waals surface area contributed by atoms with Crippen LogP contribution in [-0.4, -0.2) is 36.3 Å². The Morgan fingerprint density at radius 1 is 1.03 bits per heavy atom. The first-order valence-corrected chi connectivity index (χ1v) is 14.0. The molecule has 0 aliphatic heterocycles. The van der Waals surface area contributed by atoms with E-state index in [-0.39, 0.29) is 24.5 Å². The Morgan fingerprint density at radius 2 is 1.78 bits per heavy atom. The Bertz CT molecular complexity index is 1090. The Hall–Kier alpha value is -2.74. The Morgan fingerprint density at radius 3 is 2.49 bits per heavy atom. The van der Waals surface area contributed by atoms with Crippen molar-refractivity contribution < 1.29 is 18.7 Å². The van der Waals surface area contributed by atoms with E-state index in [4.69, 9.17) is 20.8 Å². The van der Waals surface area contributed by atoms with Crippen LogP contribution in [0.3, 0.4) is 0 Å². The van der Waals surface area contributed by atoms with Gasteiger partial charge >= 0.3 is 6.09 Å². The van der Waals surface area contributed by atoms with Crippen LogP contribution in [0.5, 0.6) is 0 Å². The van der Waals surface area contributed by atoms with Gasteiger partial charge in [0, 0.05) is 23.2 Å². The van der Waals surface area contributed by atoms with Crippen LogP contribution >= 0.6 is 23.4 Å². The zero-order valence-corrected chi connectivity index (χ0v) is 22.9. The summed E-state index contributed by atoms with van der Waals surface area (Å²) < 4.78 is 10.8. The summed E-state index contributed by atoms with van der Waals surface area (Å²) in [4.78, 5) is 25.7. The van der Waals surface area contributed by atoms with Crippen molar-refractivity contribution in [3.63, 3.8) is 0 Å². The van der Waals surface area contributed by atoms with Crippen molar-refractivity contribution in [2.45, 2.75) is 51.1 Å². The molecule has 0 fully saturated rings. The van der Waals surface area contributed by atoms with Crippen molar-refractivity contribution in [2.24, 2.45) is 5.92 Å². The van der Waals surface area contributed by atoms with Crippen molar-refractivity contribution in [2.75, 3.05) is 12.3 Å². The number of ether oxygens (including phenoxy) is 1. The molecule has 198 valence electrons. The van der Waals surface area contributed by atoms with Gasteiger partial charge in [0.25, 0.3) is 0 Å². The fourth-order valence-corrected chi connectivity index (χ4v) is 4.97. The molecule has 0 saturated heterocycles. The Kier molecular flexibility index (Phi) is 12.1. The molecule has 37 heavy (non-hydrogen) atoms. The molecule has 1 heterocycles. The largest absolute Gasteiger partial charge is 0.468 e. The number of carbonyl (C=O) groups excluding carboxylic acids is 2. The van der Waals surface area contributed by atoms with Gasteiger partial charge in [0.15, 0.2) is 5.78 Å². The number of amides is 1. The number of ketones is 1. The smallest absolute Gasteiger partial charge is 0.407 e. The molecule has 3 aromatic rings. The summed E-state index contributed by atoms with van der Waals surface area (Å²) in [5.41, 5.74) is 1.83. The van der Waals surface area contributed by atoms with Crippen molar-refractivity contribution in [3.8, 4) is 0 Å². The molecule has 0 spiro atoms. The van der Waals surface area contributed by atoms with Gasteiger partial charge < -0.3 is 19.8 Å². The first-order chi connectivity index (χ1) is 17.9. The summed E-state index contributed by atoms with van der Waals surface area (Å²) in [6.07, 6.45) is 2.45. The predicted molar refractivity (Wildman–Crippen MR) is 150 cm³/mol. The number of furan rings is 1. The second-order valence-electron chi connectivity index (χ2n) is 9.33. The van der Waals surface area contributed by atoms with E-state index in [0.29, 0.717) is 35.4 Å². The van der Waals surface area contributed by atoms with Gasteiger partial charge in [-0.1, -0.05) is 74.0 Å². The topological polar surface area (TPSA) is 80.6 Å². The maximum Gasteiger partial charge on any atom is 0.407 e. The molecule has 2 N–H and O–H groups in total. The second kappa shape index (κ2) is 15.5. The summed E-state index contributed by atoms with van der Waals surface area (Å²) >= 11 is 7.70. The lowest BCUT2D eigenvalue weighted by Gasteiger charge is -2.24. The third kappa shape index (κ3) is 10.6. The Labute approximate surface area is 228 Å². The molecule has 0 aliphatic carbocycles. The fourth-order valence-electron chi connectivity index (χ4n) is 3.91. The number of thioether (sulfide) groups is 1. The number of hydrogen-bond donors (Lipinski definition) is 2. The number of hydrogen-bond acceptors (Lipinski definition) is 6. The van der Waals surface area contributed by atoms with Gasteiger partial charge in [-0.2, -0.15) is 0 Å². The average molecular weight is 543 g/mol. The molecular formula is C29H35ClN2O4S. The maximum atomic E-state index is 13.2. The molecule has 2 aromatic carbocycles. The molecule has 0 bridgehead atoms. The van der Waals surface area contributed by atoms with Crippen LogP contribution in [0.1, 0.15) is 37.2 Å². The highest BCUT2D eigenvalue weighted by Crippen LogP contribution is 2.17. The lowest BCUT2D eigenvalue weighted by molar-refractivity contribution is -0.118. The minimum absolute atomic E-state index is 0.0926. The number of nitrogens with one attached hydrogen (secondary N) is 2. The van der Waals surface area contributed by atoms with Crippen LogP contribution in [0.4, 0.5) is 4.79 Å². The van der Waals surface area contributed by atoms with E-state index >= 15 is 0 Å². The Balaban J connectivity index is 1.57. The van der Waals surface area contributed by atoms with Crippen LogP contribution in [0, 0.1) is 5.92 Å². The lowest BCUT2D eigenvalue weighted by atomic mass is 10.0. The van der Waals surface area contributed by atoms with Crippen LogP contribution in [-0.2, 0) is 28.3 Å². The molecule has 1 aromatic heterocycles. The summed E-state index contributed by atoms with van der Waals surface area (Å²) in [6, 6.07) is 20.4. The van der Waals surface area contributed by atoms with E-state index in [1.54, 1.807) is 12.3 Å². The van der Waals surface area contributed by atoms with Crippen LogP contribution in [0.25, 0.3) is 0 Å². The first kappa shape index (κ1) is 28.8. The van der Waals surface area contributed by atoms with E-state index in [1.165, 1.54) is 11.8 Å². The highest BCUT2D eigenvalue weighted by Gasteiger charge is 2.22. The zero-order valence-electron chi connectivity index (χ0n) is 21.3. The molecule has 1 amide bonds. The number of Topliss-reactive ketones (excluding diaryl/α,β-unsaturated/α-hetero) is 1. The summed E-state index contributed by atoms with van der Waals surface area (Å²) in [5.74, 6) is 2.33. The SMILES string of the molecule is CC(C)CC(CNC(Cc1ccccc1)C(=O)CSCc1ccco1)NC(=O)OCc1ccccc1Cl. The highest BCUT2D eigenvalue weighted by molar-refractivity contribution is 7.99. The normalized spacial score (nSPS) is 12.8. The van der Waals surface area contributed by atoms with Crippen LogP contribution < -0.4 is 10.6 Å². The standard InChI is InChI=1S/C29H35ClN2O4S/c1-21(2)15-24(32-29(34)36-18-23-11-6-7-13-26(23)30)17-31-27(16-22-9-4-3-5-10-22)28(33)20-37-19-25-12-8-14-35-25/h3-14,21,24,27,31H,15-20H2,1-2H3,(H,32,34). The zero-order chi connectivity index (χ0) is 26.5. The quantitative estimate of drug-likeness (QED) is 0.235. The highest BCUT2D eigenvalue weighted by atomic mass is 35.5. The number of alkyl carbamates (subject to hydrolysis) is 1. The van der Waals surface area contributed by atoms with E-state index in [9.17, 15) is 9.59 Å². The molecule has 2 atom stereocenters. The second-order valence-corrected chi connectivity index (χ2v) is 10.7. The molecule has 0 aliphatic rings. The predicted octanol–water partition coefficient (Wildman–Crippen LogP) is 6.28. The third-order valence-corrected chi connectivity index (χ3v) is 7.09. The van der Waals surface area contributed by atoms with Crippen molar-refractivity contribution >= 4 is 35.2 Å². The van der Waals surface area contributed by atoms with Crippen molar-refractivity contribution in [1.29, 1.82) is 0 Å². The average Bonchev–Trinajstić information content (AvgIpc) is 3.39. The number of rotatable bonds is 15. The van der Waals surface area contributed by atoms with Gasteiger partial charge in [0.05, 0.1) is 23.8 Å². The summed E-state index contributed by atoms with van der Waals surface area (Å²) in [6.45, 7) is 4.74. The molecule has 8 heteroatoms. The van der Waals surface area contributed by atoms with Crippen molar-refractivity contribution in [3.05, 3.63) is 94.9 Å². The van der Waals surface area contributed by atoms with E-state index in [1.807, 2.05) is 60.7 Å². The molecular weight excluding hydrogens is 508 g/mol. The number of halogens is 1. The van der Waals surface area contributed by atoms with Gasteiger partial charge in [0.2, 0.25) is 0 Å². The van der Waals surface area contributed by atoms with Gasteiger partial charge in [-0.05, 0) is 42.5 Å². The van der Waals surface area contributed by atoms with Gasteiger partial charge in [-0.15, -0.1) is 11.8 Å². The molecule has 6 nitrogen and oxygen atoms in total. The molecule has 3 rings (SSSR count). The molecule has 0 radical (unpaired) electrons. The monoisotopic (exact) mass is 542 g/mol.